The smallest absolute Gasteiger partial charge is 0.410 e. The lowest BCUT2D eigenvalue weighted by Crippen LogP contribution is -2.45. The number of amides is 2. The fraction of sp³-hybridized carbons (Fsp3) is 0.455. The minimum Gasteiger partial charge on any atom is -0.610 e. The summed E-state index contributed by atoms with van der Waals surface area (Å²) < 4.78 is 42.9. The number of fused-ring (bicyclic) bond motifs is 4. The van der Waals surface area contributed by atoms with Gasteiger partial charge in [-0.05, 0) is 52.2 Å². The summed E-state index contributed by atoms with van der Waals surface area (Å²) in [5, 5.41) is 1.61. The quantitative estimate of drug-likeness (QED) is 0.202. The molecule has 3 saturated heterocycles. The molecule has 0 N–H and O–H groups in total. The lowest BCUT2D eigenvalue weighted by molar-refractivity contribution is 0.0208. The molecule has 3 aliphatic heterocycles. The van der Waals surface area contributed by atoms with Gasteiger partial charge in [-0.25, -0.2) is 14.0 Å². The Balaban J connectivity index is 1.48. The molecular weight excluding hydrogens is 668 g/mol. The molecule has 1 unspecified atom stereocenters. The molecule has 3 aromatic heterocycles. The average Bonchev–Trinajstić information content (AvgIpc) is 3.80. The van der Waals surface area contributed by atoms with Crippen molar-refractivity contribution in [2.75, 3.05) is 26.5 Å². The van der Waals surface area contributed by atoms with Gasteiger partial charge in [0.05, 0.1) is 46.2 Å². The number of benzene rings is 1. The Morgan fingerprint density at radius 1 is 1.15 bits per heavy atom. The Morgan fingerprint density at radius 2 is 1.91 bits per heavy atom. The summed E-state index contributed by atoms with van der Waals surface area (Å²) in [4.78, 5) is 38.9. The predicted molar refractivity (Wildman–Crippen MR) is 178 cm³/mol. The van der Waals surface area contributed by atoms with E-state index in [1.54, 1.807) is 34.2 Å². The number of nitrogens with zero attached hydrogens (tertiary/aromatic N) is 5. The number of hydrogen-bond acceptors (Lipinski definition) is 7. The summed E-state index contributed by atoms with van der Waals surface area (Å²) in [5.41, 5.74) is 0.993. The normalized spacial score (nSPS) is 23.0. The largest absolute Gasteiger partial charge is 0.610 e. The highest BCUT2D eigenvalue weighted by Gasteiger charge is 2.57. The van der Waals surface area contributed by atoms with Gasteiger partial charge in [0.15, 0.2) is 5.82 Å². The molecule has 0 radical (unpaired) electrons. The number of pyridine rings is 2. The van der Waals surface area contributed by atoms with E-state index in [2.05, 4.69) is 14.5 Å². The summed E-state index contributed by atoms with van der Waals surface area (Å²) in [5.74, 6) is -0.644. The highest BCUT2D eigenvalue weighted by molar-refractivity contribution is 7.90. The van der Waals surface area contributed by atoms with Crippen LogP contribution in [0.4, 0.5) is 14.0 Å². The Hall–Kier alpha value is -3.32. The molecule has 5 atom stereocenters. The molecule has 4 aliphatic rings. The minimum atomic E-state index is -1.62. The van der Waals surface area contributed by atoms with Gasteiger partial charge in [0, 0.05) is 53.0 Å². The van der Waals surface area contributed by atoms with Crippen LogP contribution in [-0.4, -0.2) is 79.2 Å². The van der Waals surface area contributed by atoms with Gasteiger partial charge in [-0.1, -0.05) is 35.3 Å². The van der Waals surface area contributed by atoms with Gasteiger partial charge in [0.2, 0.25) is 0 Å². The van der Waals surface area contributed by atoms with E-state index in [1.807, 2.05) is 26.8 Å². The maximum atomic E-state index is 16.6. The van der Waals surface area contributed by atoms with Gasteiger partial charge in [-0.2, -0.15) is 4.98 Å². The van der Waals surface area contributed by atoms with Gasteiger partial charge in [0.25, 0.3) is 5.03 Å². The molecule has 1 aromatic carbocycles. The fourth-order valence-corrected chi connectivity index (χ4v) is 8.56. The van der Waals surface area contributed by atoms with E-state index in [4.69, 9.17) is 32.7 Å². The third-order valence-electron chi connectivity index (χ3n) is 9.42. The SMILES string of the molecule is COC(=O)N1CCC[C@@H]1c1cc2c([S+](C)[O-])nc3c(F)c(-c4cccc(Cl)c4Cl)ncc3c2n1[C@H]1[C@@H]2C[C@H]1N(C(=O)OC(C)(C)C)C2. The summed E-state index contributed by atoms with van der Waals surface area (Å²) in [7, 11) is 1.35. The maximum Gasteiger partial charge on any atom is 0.410 e. The van der Waals surface area contributed by atoms with Crippen molar-refractivity contribution >= 4 is 68.4 Å². The molecule has 0 spiro atoms. The van der Waals surface area contributed by atoms with E-state index >= 15 is 4.39 Å². The first-order valence-electron chi connectivity index (χ1n) is 15.5. The molecule has 1 saturated carbocycles. The highest BCUT2D eigenvalue weighted by Crippen LogP contribution is 2.54. The summed E-state index contributed by atoms with van der Waals surface area (Å²) in [6, 6.07) is 6.05. The van der Waals surface area contributed by atoms with Gasteiger partial charge in [-0.3, -0.25) is 9.88 Å². The standard InChI is InChI=1S/C33H34Cl2FN5O5S/c1-33(2,3)46-32(43)40-15-16-12-23(40)28(16)41-22(21-10-7-11-39(21)31(42)45-4)13-18-29(41)19-14-37-26(17-8-6-9-20(34)24(17)35)25(36)27(19)38-30(18)47(5)44/h6,8-9,13-14,16,21,23,28H,7,10-12,15H2,1-5H3/t16-,21-,23-,28+,47?/m1/s1. The Labute approximate surface area is 284 Å². The van der Waals surface area contributed by atoms with Crippen LogP contribution in [0.1, 0.15) is 57.8 Å². The van der Waals surface area contributed by atoms with Crippen LogP contribution in [0.5, 0.6) is 0 Å². The van der Waals surface area contributed by atoms with E-state index in [0.717, 1.165) is 18.5 Å². The molecule has 248 valence electrons. The molecule has 47 heavy (non-hydrogen) atoms. The molecule has 4 fully saturated rings. The van der Waals surface area contributed by atoms with Crippen LogP contribution in [0.25, 0.3) is 33.1 Å². The topological polar surface area (TPSA) is 113 Å². The fourth-order valence-electron chi connectivity index (χ4n) is 7.49. The molecule has 14 heteroatoms. The lowest BCUT2D eigenvalue weighted by Gasteiger charge is -2.40. The predicted octanol–water partition coefficient (Wildman–Crippen LogP) is 7.52. The number of ether oxygens (including phenoxy) is 2. The molecular formula is C33H34Cl2FN5O5S. The zero-order valence-corrected chi connectivity index (χ0v) is 28.9. The number of carbonyl (C=O) groups is 2. The minimum absolute atomic E-state index is 0.0124. The number of likely N-dealkylation sites (tertiary alicyclic amines) is 1. The molecule has 10 nitrogen and oxygen atoms in total. The van der Waals surface area contributed by atoms with Crippen LogP contribution < -0.4 is 0 Å². The lowest BCUT2D eigenvalue weighted by atomic mass is 9.79. The third-order valence-corrected chi connectivity index (χ3v) is 11.1. The zero-order valence-electron chi connectivity index (χ0n) is 26.6. The van der Waals surface area contributed by atoms with Crippen molar-refractivity contribution in [1.29, 1.82) is 0 Å². The van der Waals surface area contributed by atoms with Crippen molar-refractivity contribution < 1.29 is 28.0 Å². The van der Waals surface area contributed by atoms with Crippen LogP contribution in [-0.2, 0) is 20.6 Å². The first kappa shape index (κ1) is 32.2. The van der Waals surface area contributed by atoms with Crippen molar-refractivity contribution in [3.05, 3.63) is 52.0 Å². The van der Waals surface area contributed by atoms with Crippen LogP contribution >= 0.6 is 23.2 Å². The van der Waals surface area contributed by atoms with E-state index in [9.17, 15) is 14.1 Å². The molecule has 4 aromatic rings. The number of aromatic nitrogens is 3. The highest BCUT2D eigenvalue weighted by atomic mass is 35.5. The van der Waals surface area contributed by atoms with Gasteiger partial charge < -0.3 is 23.5 Å². The maximum absolute atomic E-state index is 16.6. The number of halogens is 3. The number of rotatable bonds is 4. The number of methoxy groups -OCH3 is 1. The van der Waals surface area contributed by atoms with Crippen molar-refractivity contribution in [3.63, 3.8) is 0 Å². The van der Waals surface area contributed by atoms with E-state index in [0.29, 0.717) is 41.4 Å². The summed E-state index contributed by atoms with van der Waals surface area (Å²) in [6.07, 6.45) is 4.42. The number of hydrogen-bond donors (Lipinski definition) is 0. The Morgan fingerprint density at radius 3 is 2.62 bits per heavy atom. The first-order valence-corrected chi connectivity index (χ1v) is 17.8. The Kier molecular flexibility index (Phi) is 8.01. The van der Waals surface area contributed by atoms with Crippen molar-refractivity contribution in [1.82, 2.24) is 24.3 Å². The van der Waals surface area contributed by atoms with Gasteiger partial charge in [0.1, 0.15) is 23.1 Å². The zero-order chi connectivity index (χ0) is 33.5. The second-order valence-corrected chi connectivity index (χ2v) is 15.4. The van der Waals surface area contributed by atoms with Crippen molar-refractivity contribution in [2.45, 2.75) is 68.8 Å². The van der Waals surface area contributed by atoms with Crippen LogP contribution in [0.2, 0.25) is 10.0 Å². The van der Waals surface area contributed by atoms with Crippen LogP contribution in [0.3, 0.4) is 0 Å². The second-order valence-electron chi connectivity index (χ2n) is 13.4. The molecule has 2 amide bonds. The van der Waals surface area contributed by atoms with Gasteiger partial charge in [-0.15, -0.1) is 0 Å². The monoisotopic (exact) mass is 701 g/mol. The first-order chi connectivity index (χ1) is 22.3. The molecule has 6 heterocycles. The van der Waals surface area contributed by atoms with Crippen molar-refractivity contribution in [2.24, 2.45) is 5.92 Å². The molecule has 8 rings (SSSR count). The third kappa shape index (κ3) is 5.19. The molecule has 1 aliphatic carbocycles. The van der Waals surface area contributed by atoms with Gasteiger partial charge >= 0.3 is 12.2 Å². The van der Waals surface area contributed by atoms with Crippen molar-refractivity contribution in [3.8, 4) is 11.3 Å². The average molecular weight is 703 g/mol. The number of carbonyl (C=O) groups excluding carboxylic acids is 2. The summed E-state index contributed by atoms with van der Waals surface area (Å²) >= 11 is 11.1. The van der Waals surface area contributed by atoms with Crippen LogP contribution in [0, 0.1) is 11.7 Å². The van der Waals surface area contributed by atoms with E-state index in [-0.39, 0.29) is 56.4 Å². The second kappa shape index (κ2) is 11.7. The van der Waals surface area contributed by atoms with E-state index < -0.39 is 28.7 Å². The van der Waals surface area contributed by atoms with Crippen LogP contribution in [0.15, 0.2) is 35.5 Å². The van der Waals surface area contributed by atoms with E-state index in [1.165, 1.54) is 13.4 Å². The Bertz CT molecular complexity index is 1950. The summed E-state index contributed by atoms with van der Waals surface area (Å²) in [6.45, 7) is 6.50. The molecule has 2 bridgehead atoms.